The molecule has 0 aliphatic carbocycles. The molecule has 0 bridgehead atoms. The number of imide groups is 1. The molecule has 0 radical (unpaired) electrons. The van der Waals surface area contributed by atoms with Crippen LogP contribution < -0.4 is 4.74 Å². The number of hydrogen-bond acceptors (Lipinski definition) is 6. The Balaban J connectivity index is 1.59. The highest BCUT2D eigenvalue weighted by Gasteiger charge is 2.39. The zero-order chi connectivity index (χ0) is 31.1. The Morgan fingerprint density at radius 2 is 1.60 bits per heavy atom. The summed E-state index contributed by atoms with van der Waals surface area (Å²) in [5.41, 5.74) is 2.15. The van der Waals surface area contributed by atoms with E-state index in [4.69, 9.17) is 9.47 Å². The molecule has 2 rings (SSSR count). The average Bonchev–Trinajstić information content (AvgIpc) is 3.27. The predicted octanol–water partition coefficient (Wildman–Crippen LogP) is 10.2. The van der Waals surface area contributed by atoms with Crippen molar-refractivity contribution in [2.45, 2.75) is 122 Å². The molecule has 1 saturated heterocycles. The van der Waals surface area contributed by atoms with Gasteiger partial charge in [0.05, 0.1) is 17.6 Å². The molecule has 7 heteroatoms. The Morgan fingerprint density at radius 3 is 2.23 bits per heavy atom. The van der Waals surface area contributed by atoms with Crippen molar-refractivity contribution in [1.29, 1.82) is 0 Å². The number of rotatable bonds is 25. The number of aliphatic imine (C=N–C) groups is 1. The molecule has 0 spiro atoms. The molecule has 1 fully saturated rings. The van der Waals surface area contributed by atoms with Crippen molar-refractivity contribution < 1.29 is 19.1 Å². The second kappa shape index (κ2) is 22.7. The van der Waals surface area contributed by atoms with Gasteiger partial charge in [-0.25, -0.2) is 4.90 Å². The van der Waals surface area contributed by atoms with Gasteiger partial charge in [-0.15, -0.1) is 0 Å². The van der Waals surface area contributed by atoms with Crippen molar-refractivity contribution in [2.75, 3.05) is 13.3 Å². The zero-order valence-electron chi connectivity index (χ0n) is 26.7. The van der Waals surface area contributed by atoms with E-state index in [1.807, 2.05) is 24.3 Å². The minimum Gasteiger partial charge on any atom is -0.494 e. The number of nitrogens with zero attached hydrogens (tertiary/aromatic N) is 2. The normalized spacial score (nSPS) is 15.4. The third-order valence-corrected chi connectivity index (χ3v) is 8.66. The molecule has 1 unspecified atom stereocenters. The number of allylic oxidation sites excluding steroid dienone is 4. The summed E-state index contributed by atoms with van der Waals surface area (Å²) in [5.74, 6) is 1.24. The molecular formula is C36H54N2O4S. The zero-order valence-corrected chi connectivity index (χ0v) is 27.5. The van der Waals surface area contributed by atoms with Crippen LogP contribution in [0.1, 0.15) is 116 Å². The van der Waals surface area contributed by atoms with Crippen molar-refractivity contribution in [2.24, 2.45) is 4.99 Å². The van der Waals surface area contributed by atoms with Gasteiger partial charge in [0.25, 0.3) is 5.24 Å². The van der Waals surface area contributed by atoms with E-state index < -0.39 is 5.25 Å². The number of carbonyl (C=O) groups excluding carboxylic acids is 2. The highest BCUT2D eigenvalue weighted by atomic mass is 32.2. The van der Waals surface area contributed by atoms with E-state index in [1.54, 1.807) is 6.20 Å². The van der Waals surface area contributed by atoms with Crippen molar-refractivity contribution in [3.05, 3.63) is 66.1 Å². The van der Waals surface area contributed by atoms with Gasteiger partial charge in [0.1, 0.15) is 5.75 Å². The fourth-order valence-electron chi connectivity index (χ4n) is 4.89. The first kappa shape index (κ1) is 36.4. The summed E-state index contributed by atoms with van der Waals surface area (Å²) in [6, 6.07) is 7.76. The number of amides is 2. The van der Waals surface area contributed by atoms with E-state index in [0.717, 1.165) is 67.2 Å². The summed E-state index contributed by atoms with van der Waals surface area (Å²) in [6.07, 6.45) is 24.2. The van der Waals surface area contributed by atoms with Crippen LogP contribution in [0.2, 0.25) is 0 Å². The molecular weight excluding hydrogens is 556 g/mol. The van der Waals surface area contributed by atoms with E-state index >= 15 is 0 Å². The van der Waals surface area contributed by atoms with E-state index in [0.29, 0.717) is 18.8 Å². The van der Waals surface area contributed by atoms with Gasteiger partial charge in [-0.05, 0) is 62.1 Å². The average molecular weight is 611 g/mol. The van der Waals surface area contributed by atoms with Crippen LogP contribution >= 0.6 is 11.8 Å². The lowest BCUT2D eigenvalue weighted by atomic mass is 10.1. The summed E-state index contributed by atoms with van der Waals surface area (Å²) >= 11 is 1.07. The van der Waals surface area contributed by atoms with Crippen molar-refractivity contribution >= 4 is 29.6 Å². The summed E-state index contributed by atoms with van der Waals surface area (Å²) in [5, 5.41) is -0.693. The van der Waals surface area contributed by atoms with Gasteiger partial charge in [-0.1, -0.05) is 121 Å². The number of carbonyl (C=O) groups is 2. The largest absolute Gasteiger partial charge is 0.494 e. The summed E-state index contributed by atoms with van der Waals surface area (Å²) in [7, 11) is 0. The van der Waals surface area contributed by atoms with Gasteiger partial charge in [0.15, 0.2) is 6.73 Å². The molecule has 1 heterocycles. The van der Waals surface area contributed by atoms with Crippen molar-refractivity contribution in [3.63, 3.8) is 0 Å². The van der Waals surface area contributed by atoms with Crippen LogP contribution in [0, 0.1) is 0 Å². The summed E-state index contributed by atoms with van der Waals surface area (Å²) in [4.78, 5) is 30.5. The third kappa shape index (κ3) is 15.5. The Kier molecular flexibility index (Phi) is 19.2. The van der Waals surface area contributed by atoms with Crippen LogP contribution in [-0.2, 0) is 16.0 Å². The molecule has 1 atom stereocenters. The first-order valence-corrected chi connectivity index (χ1v) is 17.2. The number of thioether (sulfide) groups is 1. The number of unbranched alkanes of at least 4 members (excludes halogenated alkanes) is 11. The maximum Gasteiger partial charge on any atom is 0.291 e. The van der Waals surface area contributed by atoms with E-state index in [-0.39, 0.29) is 17.9 Å². The van der Waals surface area contributed by atoms with Gasteiger partial charge >= 0.3 is 0 Å². The van der Waals surface area contributed by atoms with Gasteiger partial charge in [-0.3, -0.25) is 14.6 Å². The molecule has 0 saturated carbocycles. The van der Waals surface area contributed by atoms with Crippen LogP contribution in [-0.4, -0.2) is 41.4 Å². The SMILES string of the molecule is C=N/C=C(\C=C/CCCOc1ccc(CC2SC(=O)N(COC(=C)CCCCCCCCCCCCC)C2=O)cc1)CC. The topological polar surface area (TPSA) is 68.2 Å². The molecule has 1 aliphatic rings. The van der Waals surface area contributed by atoms with Crippen molar-refractivity contribution in [1.82, 2.24) is 4.90 Å². The van der Waals surface area contributed by atoms with Gasteiger partial charge in [0.2, 0.25) is 5.91 Å². The molecule has 1 aromatic rings. The van der Waals surface area contributed by atoms with Crippen LogP contribution in [0.3, 0.4) is 0 Å². The number of hydrogen-bond donors (Lipinski definition) is 0. The minimum atomic E-state index is -0.437. The molecule has 1 aliphatic heterocycles. The molecule has 238 valence electrons. The second-order valence-corrected chi connectivity index (χ2v) is 12.4. The Labute approximate surface area is 265 Å². The number of ether oxygens (including phenoxy) is 2. The van der Waals surface area contributed by atoms with E-state index in [2.05, 4.69) is 44.3 Å². The Morgan fingerprint density at radius 1 is 0.953 bits per heavy atom. The van der Waals surface area contributed by atoms with E-state index in [1.165, 1.54) is 62.7 Å². The molecule has 0 aromatic heterocycles. The fraction of sp³-hybridized carbons (Fsp3) is 0.583. The van der Waals surface area contributed by atoms with Crippen LogP contribution in [0.4, 0.5) is 4.79 Å². The van der Waals surface area contributed by atoms with Gasteiger partial charge in [-0.2, -0.15) is 0 Å². The molecule has 6 nitrogen and oxygen atoms in total. The molecule has 1 aromatic carbocycles. The van der Waals surface area contributed by atoms with E-state index in [9.17, 15) is 9.59 Å². The van der Waals surface area contributed by atoms with Crippen LogP contribution in [0.25, 0.3) is 0 Å². The molecule has 2 amide bonds. The Hall–Kier alpha value is -2.80. The first-order valence-electron chi connectivity index (χ1n) is 16.3. The lowest BCUT2D eigenvalue weighted by molar-refractivity contribution is -0.129. The highest BCUT2D eigenvalue weighted by Crippen LogP contribution is 2.30. The maximum atomic E-state index is 12.9. The molecule has 0 N–H and O–H groups in total. The molecule has 43 heavy (non-hydrogen) atoms. The highest BCUT2D eigenvalue weighted by molar-refractivity contribution is 8.15. The monoisotopic (exact) mass is 610 g/mol. The Bertz CT molecular complexity index is 1030. The summed E-state index contributed by atoms with van der Waals surface area (Å²) in [6.45, 7) is 12.4. The van der Waals surface area contributed by atoms with Crippen LogP contribution in [0.5, 0.6) is 5.75 Å². The number of benzene rings is 1. The standard InChI is InChI=1S/C36H54N2O4S/c1-5-7-8-9-10-11-12-13-14-15-17-20-30(3)42-29-38-35(39)34(43-36(38)40)27-32-22-24-33(25-23-32)41-26-19-16-18-21-31(6-2)28-37-4/h18,21-25,28,34H,3-17,19-20,26-27,29H2,1-2H3/b21-18-,31-28-. The van der Waals surface area contributed by atoms with Gasteiger partial charge in [0, 0.05) is 12.6 Å². The maximum absolute atomic E-state index is 12.9. The lowest BCUT2D eigenvalue weighted by Crippen LogP contribution is -2.34. The minimum absolute atomic E-state index is 0.0544. The smallest absolute Gasteiger partial charge is 0.291 e. The third-order valence-electron chi connectivity index (χ3n) is 7.59. The predicted molar refractivity (Wildman–Crippen MR) is 182 cm³/mol. The second-order valence-electron chi connectivity index (χ2n) is 11.2. The lowest BCUT2D eigenvalue weighted by Gasteiger charge is -2.16. The van der Waals surface area contributed by atoms with Crippen LogP contribution in [0.15, 0.2) is 65.5 Å². The fourth-order valence-corrected chi connectivity index (χ4v) is 5.91. The first-order chi connectivity index (χ1) is 21.0. The quantitative estimate of drug-likeness (QED) is 0.0477. The summed E-state index contributed by atoms with van der Waals surface area (Å²) < 4.78 is 11.6. The van der Waals surface area contributed by atoms with Crippen molar-refractivity contribution in [3.8, 4) is 5.75 Å². The van der Waals surface area contributed by atoms with Gasteiger partial charge < -0.3 is 9.47 Å².